The van der Waals surface area contributed by atoms with E-state index in [1.54, 1.807) is 36.4 Å². The van der Waals surface area contributed by atoms with Crippen molar-refractivity contribution in [3.05, 3.63) is 83.9 Å². The van der Waals surface area contributed by atoms with Crippen LogP contribution in [-0.4, -0.2) is 40.4 Å². The highest BCUT2D eigenvalue weighted by molar-refractivity contribution is 7.47. The Bertz CT molecular complexity index is 1010. The number of phenolic OH excluding ortho intramolecular Hbond substituents is 1. The summed E-state index contributed by atoms with van der Waals surface area (Å²) >= 11 is 0. The van der Waals surface area contributed by atoms with Crippen LogP contribution in [0.4, 0.5) is 0 Å². The van der Waals surface area contributed by atoms with Gasteiger partial charge in [-0.2, -0.15) is 4.89 Å². The normalized spacial score (nSPS) is 13.2. The van der Waals surface area contributed by atoms with E-state index in [1.807, 2.05) is 24.3 Å². The monoisotopic (exact) mass is 470 g/mol. The smallest absolute Gasteiger partial charge is 0.508 e. The molecule has 0 radical (unpaired) electrons. The van der Waals surface area contributed by atoms with Crippen LogP contribution in [0.15, 0.2) is 72.8 Å². The molecule has 3 aromatic rings. The summed E-state index contributed by atoms with van der Waals surface area (Å²) in [7, 11) is -2.32. The lowest BCUT2D eigenvalue weighted by atomic mass is 10.1. The standard InChI is InChI=1S/C25H28NO6P/c1-18(26-15-22(28)17-32-24-10-6-21(27)7-11-24)14-19-2-8-23(9-3-19)31-16-20-4-12-25(13-5-20)33(29)30/h2-13,18,22,26,28H,14-17H2,1H3,(H-,27,29,30)/p+1. The van der Waals surface area contributed by atoms with E-state index in [-0.39, 0.29) is 18.4 Å². The Labute approximate surface area is 194 Å². The predicted molar refractivity (Wildman–Crippen MR) is 127 cm³/mol. The van der Waals surface area contributed by atoms with Crippen molar-refractivity contribution in [3.63, 3.8) is 0 Å². The van der Waals surface area contributed by atoms with Gasteiger partial charge in [-0.3, -0.25) is 0 Å². The summed E-state index contributed by atoms with van der Waals surface area (Å²) in [6.07, 6.45) is 0.149. The van der Waals surface area contributed by atoms with Crippen molar-refractivity contribution in [2.45, 2.75) is 32.1 Å². The van der Waals surface area contributed by atoms with Crippen molar-refractivity contribution in [1.29, 1.82) is 0 Å². The zero-order valence-corrected chi connectivity index (χ0v) is 19.3. The maximum Gasteiger partial charge on any atom is 0.546 e. The summed E-state index contributed by atoms with van der Waals surface area (Å²) in [4.78, 5) is 9.09. The Morgan fingerprint density at radius 1 is 0.879 bits per heavy atom. The van der Waals surface area contributed by atoms with Gasteiger partial charge in [-0.25, -0.2) is 0 Å². The van der Waals surface area contributed by atoms with E-state index in [0.717, 1.165) is 23.3 Å². The van der Waals surface area contributed by atoms with Gasteiger partial charge in [0.2, 0.25) is 5.30 Å². The fraction of sp³-hybridized carbons (Fsp3) is 0.280. The van der Waals surface area contributed by atoms with E-state index in [1.165, 1.54) is 12.1 Å². The third-order valence-corrected chi connectivity index (χ3v) is 5.75. The Morgan fingerprint density at radius 2 is 1.45 bits per heavy atom. The van der Waals surface area contributed by atoms with Crippen molar-refractivity contribution in [2.24, 2.45) is 0 Å². The minimum atomic E-state index is -2.32. The van der Waals surface area contributed by atoms with Crippen LogP contribution in [0, 0.1) is 0 Å². The number of aromatic hydroxyl groups is 1. The molecule has 174 valence electrons. The number of aliphatic hydroxyl groups is 1. The minimum Gasteiger partial charge on any atom is -0.508 e. The second-order valence-electron chi connectivity index (χ2n) is 7.84. The molecule has 0 aliphatic rings. The second-order valence-corrected chi connectivity index (χ2v) is 8.91. The average molecular weight is 470 g/mol. The lowest BCUT2D eigenvalue weighted by molar-refractivity contribution is 0.104. The molecule has 0 amide bonds. The minimum absolute atomic E-state index is 0.164. The molecule has 0 aliphatic heterocycles. The number of ether oxygens (including phenoxy) is 2. The molecule has 0 saturated carbocycles. The molecular weight excluding hydrogens is 441 g/mol. The molecule has 3 rings (SSSR count). The predicted octanol–water partition coefficient (Wildman–Crippen LogP) is 3.29. The molecule has 7 nitrogen and oxygen atoms in total. The number of benzene rings is 3. The van der Waals surface area contributed by atoms with Crippen LogP contribution in [0.2, 0.25) is 0 Å². The number of rotatable bonds is 12. The van der Waals surface area contributed by atoms with E-state index in [0.29, 0.717) is 24.2 Å². The number of nitrogens with one attached hydrogen (secondary N) is 1. The second kappa shape index (κ2) is 12.3. The third-order valence-electron chi connectivity index (χ3n) is 5.01. The molecule has 0 aliphatic carbocycles. The van der Waals surface area contributed by atoms with Crippen molar-refractivity contribution >= 4 is 13.3 Å². The Hall–Kier alpha value is -2.96. The average Bonchev–Trinajstić information content (AvgIpc) is 2.82. The fourth-order valence-electron chi connectivity index (χ4n) is 3.16. The molecule has 0 heterocycles. The molecule has 33 heavy (non-hydrogen) atoms. The molecule has 0 aromatic heterocycles. The fourth-order valence-corrected chi connectivity index (χ4v) is 3.57. The quantitative estimate of drug-likeness (QED) is 0.301. The van der Waals surface area contributed by atoms with Crippen molar-refractivity contribution in [1.82, 2.24) is 5.32 Å². The molecule has 3 atom stereocenters. The lowest BCUT2D eigenvalue weighted by Crippen LogP contribution is -2.37. The topological polar surface area (TPSA) is 108 Å². The first-order valence-corrected chi connectivity index (χ1v) is 11.9. The van der Waals surface area contributed by atoms with E-state index in [9.17, 15) is 14.8 Å². The van der Waals surface area contributed by atoms with Gasteiger partial charge < -0.3 is 25.0 Å². The van der Waals surface area contributed by atoms with Crippen LogP contribution in [0.1, 0.15) is 18.1 Å². The summed E-state index contributed by atoms with van der Waals surface area (Å²) in [5.41, 5.74) is 2.07. The first-order chi connectivity index (χ1) is 15.9. The maximum atomic E-state index is 11.1. The summed E-state index contributed by atoms with van der Waals surface area (Å²) in [6.45, 7) is 3.01. The number of phenols is 1. The van der Waals surface area contributed by atoms with Crippen molar-refractivity contribution in [2.75, 3.05) is 13.2 Å². The molecule has 0 spiro atoms. The van der Waals surface area contributed by atoms with Crippen LogP contribution >= 0.6 is 8.03 Å². The summed E-state index contributed by atoms with van der Waals surface area (Å²) in [5.74, 6) is 1.52. The van der Waals surface area contributed by atoms with Gasteiger partial charge in [-0.15, -0.1) is 0 Å². The molecular formula is C25H29NO6P+. The Kier molecular flexibility index (Phi) is 9.22. The molecule has 3 unspecified atom stereocenters. The van der Waals surface area contributed by atoms with Crippen molar-refractivity contribution < 1.29 is 29.1 Å². The molecule has 0 saturated heterocycles. The first-order valence-electron chi connectivity index (χ1n) is 10.7. The lowest BCUT2D eigenvalue weighted by Gasteiger charge is -2.18. The highest BCUT2D eigenvalue weighted by atomic mass is 31.1. The van der Waals surface area contributed by atoms with E-state index in [4.69, 9.17) is 14.4 Å². The summed E-state index contributed by atoms with van der Waals surface area (Å²) in [6, 6.07) is 21.2. The van der Waals surface area contributed by atoms with Crippen LogP contribution in [-0.2, 0) is 17.6 Å². The van der Waals surface area contributed by atoms with Gasteiger partial charge >= 0.3 is 8.03 Å². The maximum absolute atomic E-state index is 11.1. The third kappa shape index (κ3) is 8.48. The van der Waals surface area contributed by atoms with Crippen LogP contribution in [0.25, 0.3) is 0 Å². The number of aliphatic hydroxyl groups excluding tert-OH is 1. The van der Waals surface area contributed by atoms with E-state index in [2.05, 4.69) is 12.2 Å². The van der Waals surface area contributed by atoms with Gasteiger partial charge in [0, 0.05) is 12.6 Å². The summed E-state index contributed by atoms with van der Waals surface area (Å²) < 4.78 is 22.4. The van der Waals surface area contributed by atoms with E-state index >= 15 is 0 Å². The van der Waals surface area contributed by atoms with Gasteiger partial charge in [0.05, 0.1) is 0 Å². The molecule has 0 bridgehead atoms. The largest absolute Gasteiger partial charge is 0.546 e. The van der Waals surface area contributed by atoms with Gasteiger partial charge in [-0.1, -0.05) is 24.3 Å². The molecule has 3 aromatic carbocycles. The molecule has 8 heteroatoms. The zero-order valence-electron chi connectivity index (χ0n) is 18.4. The zero-order chi connectivity index (χ0) is 23.6. The number of hydrogen-bond acceptors (Lipinski definition) is 6. The first kappa shape index (κ1) is 24.7. The molecule has 0 fully saturated rings. The van der Waals surface area contributed by atoms with Gasteiger partial charge in [0.25, 0.3) is 0 Å². The van der Waals surface area contributed by atoms with Crippen LogP contribution in [0.3, 0.4) is 0 Å². The SMILES string of the molecule is CC(Cc1ccc(OCc2ccc([P+](=O)O)cc2)cc1)NCC(O)COc1ccc(O)cc1. The van der Waals surface area contributed by atoms with Gasteiger partial charge in [0.15, 0.2) is 0 Å². The van der Waals surface area contributed by atoms with Crippen LogP contribution < -0.4 is 20.1 Å². The Balaban J connectivity index is 1.37. The van der Waals surface area contributed by atoms with Gasteiger partial charge in [0.1, 0.15) is 36.6 Å². The number of hydrogen-bond donors (Lipinski definition) is 4. The highest BCUT2D eigenvalue weighted by Crippen LogP contribution is 2.18. The van der Waals surface area contributed by atoms with E-state index < -0.39 is 14.1 Å². The van der Waals surface area contributed by atoms with Gasteiger partial charge in [-0.05, 0) is 77.6 Å². The van der Waals surface area contributed by atoms with Crippen LogP contribution in [0.5, 0.6) is 17.2 Å². The highest BCUT2D eigenvalue weighted by Gasteiger charge is 2.14. The van der Waals surface area contributed by atoms with Crippen molar-refractivity contribution in [3.8, 4) is 17.2 Å². The Morgan fingerprint density at radius 3 is 2.09 bits per heavy atom. The molecule has 4 N–H and O–H groups in total. The summed E-state index contributed by atoms with van der Waals surface area (Å²) in [5, 5.41) is 23.1.